The predicted octanol–water partition coefficient (Wildman–Crippen LogP) is 2.21. The molecule has 0 aliphatic heterocycles. The summed E-state index contributed by atoms with van der Waals surface area (Å²) in [7, 11) is -1.74. The number of ether oxygens (including phenoxy) is 1. The Bertz CT molecular complexity index is 980. The van der Waals surface area contributed by atoms with Crippen molar-refractivity contribution in [3.63, 3.8) is 0 Å². The number of rotatable bonds is 13. The van der Waals surface area contributed by atoms with Crippen LogP contribution in [0.4, 0.5) is 4.79 Å². The van der Waals surface area contributed by atoms with Crippen molar-refractivity contribution >= 4 is 25.0 Å². The molecule has 0 fully saturated rings. The normalized spacial score (nSPS) is 13.4. The van der Waals surface area contributed by atoms with E-state index in [1.165, 1.54) is 0 Å². The van der Waals surface area contributed by atoms with Gasteiger partial charge in [-0.15, -0.1) is 0 Å². The molecule has 0 saturated carbocycles. The Labute approximate surface area is 219 Å². The maximum absolute atomic E-state index is 13.3. The third-order valence-corrected chi connectivity index (χ3v) is 5.79. The summed E-state index contributed by atoms with van der Waals surface area (Å²) in [5.74, 6) is -2.16. The lowest BCUT2D eigenvalue weighted by Crippen LogP contribution is -2.58. The Hall–Kier alpha value is -3.37. The Morgan fingerprint density at radius 3 is 1.84 bits per heavy atom. The van der Waals surface area contributed by atoms with Crippen LogP contribution in [0, 0.1) is 11.8 Å². The smallest absolute Gasteiger partial charge is 0.445 e. The molecule has 1 unspecified atom stereocenters. The monoisotopic (exact) mass is 511 g/mol. The van der Waals surface area contributed by atoms with Gasteiger partial charge in [-0.05, 0) is 29.4 Å². The zero-order chi connectivity index (χ0) is 27.4. The minimum absolute atomic E-state index is 0.0464. The first-order chi connectivity index (χ1) is 17.6. The molecular weight excluding hydrogens is 473 g/mol. The topological polar surface area (TPSA) is 137 Å². The van der Waals surface area contributed by atoms with Crippen LogP contribution in [0.25, 0.3) is 0 Å². The summed E-state index contributed by atoms with van der Waals surface area (Å²) >= 11 is 0. The molecule has 0 spiro atoms. The highest BCUT2D eigenvalue weighted by Gasteiger charge is 2.33. The van der Waals surface area contributed by atoms with E-state index >= 15 is 0 Å². The summed E-state index contributed by atoms with van der Waals surface area (Å²) in [4.78, 5) is 38.9. The van der Waals surface area contributed by atoms with E-state index < -0.39 is 43.1 Å². The highest BCUT2D eigenvalue weighted by molar-refractivity contribution is 6.43. The fraction of sp³-hybridized carbons (Fsp3) is 0.444. The number of nitrogens with one attached hydrogen (secondary N) is 3. The number of carbonyl (C=O) groups excluding carboxylic acids is 3. The van der Waals surface area contributed by atoms with Crippen LogP contribution in [-0.4, -0.2) is 53.1 Å². The molecule has 0 bridgehead atoms. The minimum atomic E-state index is -1.74. The first-order valence-corrected chi connectivity index (χ1v) is 12.5. The highest BCUT2D eigenvalue weighted by atomic mass is 16.5. The number of alkyl carbamates (subject to hydrolysis) is 1. The van der Waals surface area contributed by atoms with Crippen LogP contribution in [0.2, 0.25) is 0 Å². The van der Waals surface area contributed by atoms with Crippen molar-refractivity contribution in [3.05, 3.63) is 71.8 Å². The van der Waals surface area contributed by atoms with Crippen molar-refractivity contribution in [2.45, 2.75) is 65.2 Å². The van der Waals surface area contributed by atoms with Crippen molar-refractivity contribution in [2.75, 3.05) is 0 Å². The van der Waals surface area contributed by atoms with Crippen molar-refractivity contribution < 1.29 is 29.2 Å². The van der Waals surface area contributed by atoms with Crippen LogP contribution in [0.1, 0.15) is 45.2 Å². The molecule has 0 heterocycles. The Morgan fingerprint density at radius 1 is 0.784 bits per heavy atom. The van der Waals surface area contributed by atoms with Crippen molar-refractivity contribution in [1.82, 2.24) is 16.0 Å². The molecule has 2 aromatic rings. The Kier molecular flexibility index (Phi) is 12.1. The van der Waals surface area contributed by atoms with Gasteiger partial charge in [0.1, 0.15) is 18.7 Å². The molecule has 0 aliphatic carbocycles. The molecule has 5 N–H and O–H groups in total. The number of benzene rings is 2. The molecule has 2 aromatic carbocycles. The van der Waals surface area contributed by atoms with Crippen LogP contribution < -0.4 is 16.0 Å². The molecule has 0 saturated heterocycles. The van der Waals surface area contributed by atoms with Gasteiger partial charge in [-0.3, -0.25) is 9.59 Å². The average Bonchev–Trinajstić information content (AvgIpc) is 2.85. The van der Waals surface area contributed by atoms with Gasteiger partial charge in [0.2, 0.25) is 11.8 Å². The second-order valence-corrected chi connectivity index (χ2v) is 9.83. The van der Waals surface area contributed by atoms with E-state index in [1.54, 1.807) is 13.8 Å². The van der Waals surface area contributed by atoms with Crippen LogP contribution in [0.3, 0.4) is 0 Å². The van der Waals surface area contributed by atoms with Gasteiger partial charge in [0.05, 0.1) is 5.94 Å². The van der Waals surface area contributed by atoms with E-state index in [9.17, 15) is 24.4 Å². The van der Waals surface area contributed by atoms with Gasteiger partial charge in [0.25, 0.3) is 0 Å². The molecule has 0 aromatic heterocycles. The molecular formula is C27H38BN3O6. The van der Waals surface area contributed by atoms with Gasteiger partial charge in [-0.2, -0.15) is 0 Å². The molecule has 3 atom stereocenters. The van der Waals surface area contributed by atoms with Crippen LogP contribution in [0.15, 0.2) is 60.7 Å². The maximum atomic E-state index is 13.3. The SMILES string of the molecule is CC(C)C[C@H](NC(=O)C(Cc1ccccc1)NC(=O)OCc1ccccc1)C(=O)N[C@H](B(O)O)C(C)C. The van der Waals surface area contributed by atoms with E-state index in [4.69, 9.17) is 4.74 Å². The largest absolute Gasteiger partial charge is 0.475 e. The van der Waals surface area contributed by atoms with E-state index in [1.807, 2.05) is 74.5 Å². The van der Waals surface area contributed by atoms with Crippen molar-refractivity contribution in [3.8, 4) is 0 Å². The lowest BCUT2D eigenvalue weighted by Gasteiger charge is -2.27. The molecule has 0 radical (unpaired) electrons. The summed E-state index contributed by atoms with van der Waals surface area (Å²) in [6.45, 7) is 7.37. The average molecular weight is 511 g/mol. The molecule has 10 heteroatoms. The summed E-state index contributed by atoms with van der Waals surface area (Å²) < 4.78 is 5.30. The Balaban J connectivity index is 2.15. The summed E-state index contributed by atoms with van der Waals surface area (Å²) in [5.41, 5.74) is 1.63. The number of hydrogen-bond acceptors (Lipinski definition) is 6. The highest BCUT2D eigenvalue weighted by Crippen LogP contribution is 2.10. The summed E-state index contributed by atoms with van der Waals surface area (Å²) in [5, 5.41) is 27.3. The zero-order valence-electron chi connectivity index (χ0n) is 21.9. The third kappa shape index (κ3) is 10.6. The van der Waals surface area contributed by atoms with Gasteiger partial charge in [-0.25, -0.2) is 4.79 Å². The molecule has 0 aliphatic rings. The van der Waals surface area contributed by atoms with Gasteiger partial charge in [0.15, 0.2) is 0 Å². The van der Waals surface area contributed by atoms with Crippen LogP contribution in [0.5, 0.6) is 0 Å². The number of carbonyl (C=O) groups is 3. The quantitative estimate of drug-likeness (QED) is 0.262. The summed E-state index contributed by atoms with van der Waals surface area (Å²) in [6, 6.07) is 16.4. The van der Waals surface area contributed by atoms with Crippen molar-refractivity contribution in [1.29, 1.82) is 0 Å². The van der Waals surface area contributed by atoms with Gasteiger partial charge >= 0.3 is 13.2 Å². The molecule has 9 nitrogen and oxygen atoms in total. The number of hydrogen-bond donors (Lipinski definition) is 5. The van der Waals surface area contributed by atoms with E-state index in [0.717, 1.165) is 11.1 Å². The van der Waals surface area contributed by atoms with Crippen LogP contribution >= 0.6 is 0 Å². The van der Waals surface area contributed by atoms with E-state index in [2.05, 4.69) is 16.0 Å². The number of amides is 3. The second kappa shape index (κ2) is 15.0. The first-order valence-electron chi connectivity index (χ1n) is 12.5. The predicted molar refractivity (Wildman–Crippen MR) is 142 cm³/mol. The standard InChI is InChI=1S/C27H38BN3O6/c1-18(2)15-22(26(33)31-24(19(3)4)28(35)36)29-25(32)23(16-20-11-7-5-8-12-20)30-27(34)37-17-21-13-9-6-10-14-21/h5-14,18-19,22-24,35-36H,15-17H2,1-4H3,(H,29,32)(H,30,34)(H,31,33)/t22-,23?,24-/m0/s1. The molecule has 37 heavy (non-hydrogen) atoms. The van der Waals surface area contributed by atoms with E-state index in [0.29, 0.717) is 6.42 Å². The van der Waals surface area contributed by atoms with Crippen LogP contribution in [-0.2, 0) is 27.4 Å². The van der Waals surface area contributed by atoms with Gasteiger partial charge in [0, 0.05) is 6.42 Å². The zero-order valence-corrected chi connectivity index (χ0v) is 21.9. The third-order valence-electron chi connectivity index (χ3n) is 5.79. The Morgan fingerprint density at radius 2 is 1.32 bits per heavy atom. The fourth-order valence-electron chi connectivity index (χ4n) is 3.79. The maximum Gasteiger partial charge on any atom is 0.475 e. The van der Waals surface area contributed by atoms with Gasteiger partial charge < -0.3 is 30.7 Å². The molecule has 3 amide bonds. The minimum Gasteiger partial charge on any atom is -0.445 e. The lowest BCUT2D eigenvalue weighted by atomic mass is 9.73. The van der Waals surface area contributed by atoms with Crippen molar-refractivity contribution in [2.24, 2.45) is 11.8 Å². The first kappa shape index (κ1) is 29.9. The lowest BCUT2D eigenvalue weighted by molar-refractivity contribution is -0.130. The van der Waals surface area contributed by atoms with Gasteiger partial charge in [-0.1, -0.05) is 88.4 Å². The molecule has 200 valence electrons. The van der Waals surface area contributed by atoms with E-state index in [-0.39, 0.29) is 24.9 Å². The second-order valence-electron chi connectivity index (χ2n) is 9.83. The fourth-order valence-corrected chi connectivity index (χ4v) is 3.79. The summed E-state index contributed by atoms with van der Waals surface area (Å²) in [6.07, 6.45) is -0.249. The molecule has 2 rings (SSSR count).